The Hall–Kier alpha value is -2.31. The molecule has 0 spiro atoms. The standard InChI is InChI=1S/C34H52N6O5.4ClH/c1-4-44-31(41)13-7-5-6-12-24-45-32-27(14-15-28(42-2)33(32)43-3)26-37-20-22-39(23-21-37)30-25-29(38-16-8-9-17-38)35-34(36-30)40-18-10-11-19-40;;;;/h14-15,25H,4-13,16-24,26H2,1-3H3;4*1H. The average Bonchev–Trinajstić information content (AvgIpc) is 3.81. The predicted molar refractivity (Wildman–Crippen MR) is 206 cm³/mol. The Labute approximate surface area is 317 Å². The molecule has 3 fully saturated rings. The fraction of sp³-hybridized carbons (Fsp3) is 0.676. The second-order valence-corrected chi connectivity index (χ2v) is 12.1. The zero-order valence-corrected chi connectivity index (χ0v) is 32.5. The number of hydrogen-bond acceptors (Lipinski definition) is 11. The molecule has 3 aliphatic rings. The van der Waals surface area contributed by atoms with E-state index in [0.29, 0.717) is 31.1 Å². The Morgan fingerprint density at radius 2 is 1.31 bits per heavy atom. The van der Waals surface area contributed by atoms with Gasteiger partial charge in [-0.1, -0.05) is 18.9 Å². The maximum absolute atomic E-state index is 11.6. The first-order valence-electron chi connectivity index (χ1n) is 17.0. The van der Waals surface area contributed by atoms with Gasteiger partial charge in [-0.15, -0.1) is 49.6 Å². The van der Waals surface area contributed by atoms with Crippen molar-refractivity contribution < 1.29 is 23.7 Å². The Kier molecular flexibility index (Phi) is 21.2. The summed E-state index contributed by atoms with van der Waals surface area (Å²) in [5.74, 6) is 4.96. The van der Waals surface area contributed by atoms with Crippen molar-refractivity contribution in [2.45, 2.75) is 71.3 Å². The van der Waals surface area contributed by atoms with E-state index in [-0.39, 0.29) is 55.6 Å². The highest BCUT2D eigenvalue weighted by Gasteiger charge is 2.26. The number of aromatic nitrogens is 2. The first-order valence-corrected chi connectivity index (χ1v) is 17.0. The second kappa shape index (κ2) is 23.2. The predicted octanol–water partition coefficient (Wildman–Crippen LogP) is 6.60. The van der Waals surface area contributed by atoms with Gasteiger partial charge in [-0.3, -0.25) is 9.69 Å². The fourth-order valence-electron chi connectivity index (χ4n) is 6.47. The molecular weight excluding hydrogens is 714 g/mol. The van der Waals surface area contributed by atoms with Crippen LogP contribution in [-0.2, 0) is 16.1 Å². The SMILES string of the molecule is CCOC(=O)CCCCCCOc1c(CN2CCN(c3cc(N4CCCC4)nc(N4CCCC4)n3)CC2)ccc(OC)c1OC.Cl.Cl.Cl.Cl. The van der Waals surface area contributed by atoms with Crippen molar-refractivity contribution in [3.63, 3.8) is 0 Å². The van der Waals surface area contributed by atoms with Crippen molar-refractivity contribution >= 4 is 73.2 Å². The molecule has 49 heavy (non-hydrogen) atoms. The Bertz CT molecular complexity index is 1210. The summed E-state index contributed by atoms with van der Waals surface area (Å²) in [6, 6.07) is 6.27. The lowest BCUT2D eigenvalue weighted by Gasteiger charge is -2.36. The number of halogens is 4. The van der Waals surface area contributed by atoms with E-state index in [1.807, 2.05) is 13.0 Å². The molecule has 0 radical (unpaired) electrons. The van der Waals surface area contributed by atoms with E-state index in [9.17, 15) is 4.79 Å². The molecule has 2 aromatic rings. The number of methoxy groups -OCH3 is 2. The van der Waals surface area contributed by atoms with Crippen LogP contribution in [0.4, 0.5) is 17.6 Å². The number of nitrogens with zero attached hydrogens (tertiary/aromatic N) is 6. The topological polar surface area (TPSA) is 92.7 Å². The molecule has 1 aromatic carbocycles. The van der Waals surface area contributed by atoms with Crippen LogP contribution in [0.3, 0.4) is 0 Å². The van der Waals surface area contributed by atoms with Crippen molar-refractivity contribution in [1.82, 2.24) is 14.9 Å². The van der Waals surface area contributed by atoms with Gasteiger partial charge >= 0.3 is 5.97 Å². The van der Waals surface area contributed by atoms with Gasteiger partial charge in [-0.25, -0.2) is 0 Å². The summed E-state index contributed by atoms with van der Waals surface area (Å²) < 4.78 is 22.7. The smallest absolute Gasteiger partial charge is 0.305 e. The van der Waals surface area contributed by atoms with Crippen LogP contribution in [0, 0.1) is 0 Å². The minimum atomic E-state index is -0.115. The zero-order chi connectivity index (χ0) is 31.4. The number of ether oxygens (including phenoxy) is 4. The molecular formula is C34H56Cl4N6O5. The summed E-state index contributed by atoms with van der Waals surface area (Å²) in [6.07, 6.45) is 9.07. The molecule has 5 rings (SSSR count). The summed E-state index contributed by atoms with van der Waals surface area (Å²) in [5.41, 5.74) is 1.10. The van der Waals surface area contributed by atoms with Crippen LogP contribution in [0.2, 0.25) is 0 Å². The minimum absolute atomic E-state index is 0. The van der Waals surface area contributed by atoms with Gasteiger partial charge in [0.05, 0.1) is 27.4 Å². The number of anilines is 3. The Balaban J connectivity index is 0.00000300. The lowest BCUT2D eigenvalue weighted by Crippen LogP contribution is -2.46. The zero-order valence-electron chi connectivity index (χ0n) is 29.2. The molecule has 0 amide bonds. The summed E-state index contributed by atoms with van der Waals surface area (Å²) >= 11 is 0. The second-order valence-electron chi connectivity index (χ2n) is 12.1. The fourth-order valence-corrected chi connectivity index (χ4v) is 6.47. The lowest BCUT2D eigenvalue weighted by molar-refractivity contribution is -0.143. The van der Waals surface area contributed by atoms with Gasteiger partial charge in [-0.05, 0) is 51.5 Å². The lowest BCUT2D eigenvalue weighted by atomic mass is 10.1. The van der Waals surface area contributed by atoms with Gasteiger partial charge < -0.3 is 33.6 Å². The van der Waals surface area contributed by atoms with Crippen LogP contribution in [0.25, 0.3) is 0 Å². The molecule has 15 heteroatoms. The number of rotatable bonds is 16. The molecule has 11 nitrogen and oxygen atoms in total. The molecule has 0 N–H and O–H groups in total. The molecule has 1 aromatic heterocycles. The normalized spacial score (nSPS) is 15.8. The van der Waals surface area contributed by atoms with Crippen molar-refractivity contribution in [2.24, 2.45) is 0 Å². The molecule has 0 saturated carbocycles. The van der Waals surface area contributed by atoms with Gasteiger partial charge in [0.2, 0.25) is 11.7 Å². The molecule has 3 saturated heterocycles. The third kappa shape index (κ3) is 12.5. The average molecular weight is 771 g/mol. The Morgan fingerprint density at radius 3 is 1.90 bits per heavy atom. The van der Waals surface area contributed by atoms with Gasteiger partial charge in [0.25, 0.3) is 0 Å². The summed E-state index contributed by atoms with van der Waals surface area (Å²) in [5, 5.41) is 0. The largest absolute Gasteiger partial charge is 0.493 e. The number of esters is 1. The summed E-state index contributed by atoms with van der Waals surface area (Å²) in [4.78, 5) is 31.3. The van der Waals surface area contributed by atoms with Gasteiger partial charge in [0.1, 0.15) is 11.6 Å². The third-order valence-corrected chi connectivity index (χ3v) is 9.01. The van der Waals surface area contributed by atoms with Crippen LogP contribution in [-0.4, -0.2) is 101 Å². The molecule has 280 valence electrons. The maximum atomic E-state index is 11.6. The van der Waals surface area contributed by atoms with E-state index in [1.165, 1.54) is 25.7 Å². The number of hydrogen-bond donors (Lipinski definition) is 0. The molecule has 3 aliphatic heterocycles. The van der Waals surface area contributed by atoms with Gasteiger partial charge in [-0.2, -0.15) is 9.97 Å². The van der Waals surface area contributed by atoms with Crippen LogP contribution >= 0.6 is 49.6 Å². The van der Waals surface area contributed by atoms with Gasteiger partial charge in [0.15, 0.2) is 11.5 Å². The quantitative estimate of drug-likeness (QED) is 0.137. The van der Waals surface area contributed by atoms with Crippen molar-refractivity contribution in [3.05, 3.63) is 23.8 Å². The maximum Gasteiger partial charge on any atom is 0.305 e. The van der Waals surface area contributed by atoms with Crippen LogP contribution < -0.4 is 28.9 Å². The third-order valence-electron chi connectivity index (χ3n) is 9.01. The number of carbonyl (C=O) groups is 1. The number of carbonyl (C=O) groups excluding carboxylic acids is 1. The van der Waals surface area contributed by atoms with Gasteiger partial charge in [0, 0.05) is 77.0 Å². The first kappa shape index (κ1) is 44.7. The van der Waals surface area contributed by atoms with Crippen LogP contribution in [0.1, 0.15) is 70.3 Å². The van der Waals surface area contributed by atoms with E-state index in [2.05, 4.69) is 31.7 Å². The molecule has 0 aliphatic carbocycles. The van der Waals surface area contributed by atoms with Crippen LogP contribution in [0.5, 0.6) is 17.2 Å². The highest BCUT2D eigenvalue weighted by atomic mass is 35.5. The molecule has 0 bridgehead atoms. The van der Waals surface area contributed by atoms with E-state index in [1.54, 1.807) is 14.2 Å². The van der Waals surface area contributed by atoms with Crippen molar-refractivity contribution in [2.75, 3.05) is 94.5 Å². The molecule has 4 heterocycles. The van der Waals surface area contributed by atoms with E-state index < -0.39 is 0 Å². The van der Waals surface area contributed by atoms with Crippen molar-refractivity contribution in [3.8, 4) is 17.2 Å². The number of unbranched alkanes of at least 4 members (excludes halogenated alkanes) is 3. The molecule has 0 atom stereocenters. The van der Waals surface area contributed by atoms with Crippen molar-refractivity contribution in [1.29, 1.82) is 0 Å². The highest BCUT2D eigenvalue weighted by Crippen LogP contribution is 2.41. The highest BCUT2D eigenvalue weighted by molar-refractivity contribution is 5.86. The summed E-state index contributed by atoms with van der Waals surface area (Å²) in [6.45, 7) is 11.5. The van der Waals surface area contributed by atoms with E-state index >= 15 is 0 Å². The minimum Gasteiger partial charge on any atom is -0.493 e. The number of benzene rings is 1. The monoisotopic (exact) mass is 768 g/mol. The van der Waals surface area contributed by atoms with E-state index in [4.69, 9.17) is 28.9 Å². The summed E-state index contributed by atoms with van der Waals surface area (Å²) in [7, 11) is 3.32. The molecule has 0 unspecified atom stereocenters. The van der Waals surface area contributed by atoms with Crippen LogP contribution in [0.15, 0.2) is 18.2 Å². The van der Waals surface area contributed by atoms with E-state index in [0.717, 1.165) is 113 Å². The Morgan fingerprint density at radius 1 is 0.714 bits per heavy atom. The first-order chi connectivity index (χ1) is 22.1. The number of piperazine rings is 1.